The zero-order valence-electron chi connectivity index (χ0n) is 13.9. The van der Waals surface area contributed by atoms with E-state index in [9.17, 15) is 4.79 Å². The smallest absolute Gasteiger partial charge is 0.236 e. The van der Waals surface area contributed by atoms with Crippen molar-refractivity contribution in [1.82, 2.24) is 4.31 Å². The molecule has 1 saturated heterocycles. The summed E-state index contributed by atoms with van der Waals surface area (Å²) in [5, 5.41) is 0. The number of nitrogens with two attached hydrogens (primary N) is 2. The van der Waals surface area contributed by atoms with Gasteiger partial charge in [0.15, 0.2) is 0 Å². The van der Waals surface area contributed by atoms with Gasteiger partial charge in [-0.25, -0.2) is 0 Å². The quantitative estimate of drug-likeness (QED) is 0.381. The third-order valence-electron chi connectivity index (χ3n) is 2.71. The first-order valence-corrected chi connectivity index (χ1v) is 8.20. The van der Waals surface area contributed by atoms with E-state index in [1.807, 2.05) is 30.1 Å². The largest absolute Gasteiger partial charge is 0.383 e. The number of rotatable bonds is 3. The maximum absolute atomic E-state index is 9.96. The molecule has 1 fully saturated rings. The van der Waals surface area contributed by atoms with Gasteiger partial charge in [-0.15, -0.1) is 0 Å². The molecule has 1 aliphatic heterocycles. The molecule has 0 radical (unpaired) electrons. The number of amides is 1. The standard InChI is InChI=1S/C9H10N4O.C7H15NS/c10-8(13-9(11)12-6-14)7-4-2-1-3-5-7;1-7(2,3)9-8-5-4-6-8/h1-6H,(H4,10,11,12,13,14);4-6H2,1-3H3. The average molecular weight is 335 g/mol. The Kier molecular flexibility index (Phi) is 7.77. The molecule has 6 nitrogen and oxygen atoms in total. The molecule has 1 aliphatic rings. The molecule has 0 aliphatic carbocycles. The van der Waals surface area contributed by atoms with Gasteiger partial charge in [-0.3, -0.25) is 9.10 Å². The van der Waals surface area contributed by atoms with Gasteiger partial charge in [-0.2, -0.15) is 9.98 Å². The maximum atomic E-state index is 9.96. The van der Waals surface area contributed by atoms with Crippen LogP contribution >= 0.6 is 11.9 Å². The Labute approximate surface area is 142 Å². The van der Waals surface area contributed by atoms with E-state index in [2.05, 4.69) is 35.1 Å². The van der Waals surface area contributed by atoms with Crippen LogP contribution in [0.2, 0.25) is 0 Å². The molecule has 4 N–H and O–H groups in total. The van der Waals surface area contributed by atoms with Crippen LogP contribution in [0.3, 0.4) is 0 Å². The van der Waals surface area contributed by atoms with E-state index in [1.54, 1.807) is 12.1 Å². The van der Waals surface area contributed by atoms with Crippen LogP contribution in [-0.2, 0) is 4.79 Å². The molecule has 0 saturated carbocycles. The van der Waals surface area contributed by atoms with Crippen molar-refractivity contribution in [3.8, 4) is 0 Å². The normalized spacial score (nSPS) is 16.1. The average Bonchev–Trinajstić information content (AvgIpc) is 2.44. The van der Waals surface area contributed by atoms with Crippen LogP contribution in [0, 0.1) is 0 Å². The van der Waals surface area contributed by atoms with E-state index in [-0.39, 0.29) is 11.8 Å². The number of carbonyl (C=O) groups excluding carboxylic acids is 1. The van der Waals surface area contributed by atoms with Gasteiger partial charge < -0.3 is 11.5 Å². The zero-order valence-corrected chi connectivity index (χ0v) is 14.7. The van der Waals surface area contributed by atoms with Gasteiger partial charge in [-0.05, 0) is 27.2 Å². The summed E-state index contributed by atoms with van der Waals surface area (Å²) in [6.07, 6.45) is 1.71. The van der Waals surface area contributed by atoms with Crippen LogP contribution in [0.25, 0.3) is 0 Å². The minimum absolute atomic E-state index is 0.152. The summed E-state index contributed by atoms with van der Waals surface area (Å²) in [4.78, 5) is 16.9. The third-order valence-corrected chi connectivity index (χ3v) is 3.88. The number of benzene rings is 1. The molecule has 23 heavy (non-hydrogen) atoms. The van der Waals surface area contributed by atoms with Crippen LogP contribution in [0.1, 0.15) is 32.8 Å². The number of aliphatic imine (C=N–C) groups is 2. The van der Waals surface area contributed by atoms with Gasteiger partial charge in [0, 0.05) is 23.4 Å². The minimum atomic E-state index is -0.152. The fraction of sp³-hybridized carbons (Fsp3) is 0.438. The number of hydrogen-bond acceptors (Lipinski definition) is 3. The lowest BCUT2D eigenvalue weighted by molar-refractivity contribution is -0.106. The molecular weight excluding hydrogens is 310 g/mol. The second-order valence-corrected chi connectivity index (χ2v) is 7.87. The van der Waals surface area contributed by atoms with Crippen molar-refractivity contribution in [3.05, 3.63) is 35.9 Å². The Morgan fingerprint density at radius 1 is 1.22 bits per heavy atom. The fourth-order valence-electron chi connectivity index (χ4n) is 1.65. The lowest BCUT2D eigenvalue weighted by Crippen LogP contribution is -2.34. The first-order chi connectivity index (χ1) is 10.8. The maximum Gasteiger partial charge on any atom is 0.236 e. The number of nitrogens with zero attached hydrogens (tertiary/aromatic N) is 3. The highest BCUT2D eigenvalue weighted by molar-refractivity contribution is 7.98. The topological polar surface area (TPSA) is 97.1 Å². The van der Waals surface area contributed by atoms with Crippen LogP contribution in [0.4, 0.5) is 0 Å². The van der Waals surface area contributed by atoms with E-state index < -0.39 is 0 Å². The van der Waals surface area contributed by atoms with Crippen molar-refractivity contribution in [1.29, 1.82) is 0 Å². The summed E-state index contributed by atoms with van der Waals surface area (Å²) >= 11 is 1.98. The summed E-state index contributed by atoms with van der Waals surface area (Å²) in [6, 6.07) is 9.08. The van der Waals surface area contributed by atoms with Gasteiger partial charge in [0.1, 0.15) is 5.84 Å². The van der Waals surface area contributed by atoms with Gasteiger partial charge in [-0.1, -0.05) is 42.3 Å². The SMILES string of the molecule is CC(C)(C)SN1CCC1.NC(=NC=O)/N=C(\N)c1ccccc1. The first-order valence-electron chi connectivity index (χ1n) is 7.42. The Morgan fingerprint density at radius 3 is 2.22 bits per heavy atom. The molecule has 7 heteroatoms. The zero-order chi connectivity index (χ0) is 17.3. The summed E-state index contributed by atoms with van der Waals surface area (Å²) < 4.78 is 2.85. The highest BCUT2D eigenvalue weighted by atomic mass is 32.2. The molecule has 0 unspecified atom stereocenters. The summed E-state index contributed by atoms with van der Waals surface area (Å²) in [5.41, 5.74) is 11.6. The van der Waals surface area contributed by atoms with Gasteiger partial charge >= 0.3 is 0 Å². The monoisotopic (exact) mass is 335 g/mol. The molecule has 0 spiro atoms. The number of guanidine groups is 1. The summed E-state index contributed by atoms with van der Waals surface area (Å²) in [5.74, 6) is 0.0788. The number of amidine groups is 1. The van der Waals surface area contributed by atoms with Crippen molar-refractivity contribution in [2.75, 3.05) is 13.1 Å². The minimum Gasteiger partial charge on any atom is -0.383 e. The molecular formula is C16H25N5OS. The highest BCUT2D eigenvalue weighted by Gasteiger charge is 2.21. The van der Waals surface area contributed by atoms with Crippen molar-refractivity contribution in [2.45, 2.75) is 31.9 Å². The van der Waals surface area contributed by atoms with E-state index in [0.29, 0.717) is 11.2 Å². The molecule has 2 rings (SSSR count). The van der Waals surface area contributed by atoms with E-state index in [4.69, 9.17) is 11.5 Å². The number of hydrogen-bond donors (Lipinski definition) is 2. The Morgan fingerprint density at radius 2 is 1.83 bits per heavy atom. The van der Waals surface area contributed by atoms with Crippen molar-refractivity contribution in [3.63, 3.8) is 0 Å². The van der Waals surface area contributed by atoms with Crippen molar-refractivity contribution >= 4 is 30.2 Å². The van der Waals surface area contributed by atoms with Gasteiger partial charge in [0.2, 0.25) is 12.4 Å². The Hall–Kier alpha value is -1.86. The van der Waals surface area contributed by atoms with Crippen LogP contribution in [-0.4, -0.2) is 40.3 Å². The fourth-order valence-corrected chi connectivity index (χ4v) is 2.86. The number of carbonyl (C=O) groups is 1. The predicted octanol–water partition coefficient (Wildman–Crippen LogP) is 2.00. The predicted molar refractivity (Wildman–Crippen MR) is 98.4 cm³/mol. The van der Waals surface area contributed by atoms with Crippen LogP contribution < -0.4 is 11.5 Å². The Balaban J connectivity index is 0.000000253. The molecule has 0 aromatic heterocycles. The molecule has 1 aromatic rings. The molecule has 126 valence electrons. The lowest BCUT2D eigenvalue weighted by Gasteiger charge is -2.34. The molecule has 1 aromatic carbocycles. The molecule has 0 bridgehead atoms. The van der Waals surface area contributed by atoms with E-state index >= 15 is 0 Å². The van der Waals surface area contributed by atoms with Crippen molar-refractivity contribution < 1.29 is 4.79 Å². The third kappa shape index (κ3) is 8.37. The lowest BCUT2D eigenvalue weighted by atomic mass is 10.2. The highest BCUT2D eigenvalue weighted by Crippen LogP contribution is 2.30. The van der Waals surface area contributed by atoms with Gasteiger partial charge in [0.25, 0.3) is 0 Å². The summed E-state index contributed by atoms with van der Waals surface area (Å²) in [6.45, 7) is 9.37. The van der Waals surface area contributed by atoms with E-state index in [1.165, 1.54) is 19.5 Å². The van der Waals surface area contributed by atoms with Crippen LogP contribution in [0.5, 0.6) is 0 Å². The van der Waals surface area contributed by atoms with E-state index in [0.717, 1.165) is 5.56 Å². The molecule has 1 heterocycles. The van der Waals surface area contributed by atoms with Crippen molar-refractivity contribution in [2.24, 2.45) is 21.5 Å². The Bertz CT molecular complexity index is 547. The summed E-state index contributed by atoms with van der Waals surface area (Å²) in [7, 11) is 0. The second kappa shape index (κ2) is 9.32. The van der Waals surface area contributed by atoms with Crippen LogP contribution in [0.15, 0.2) is 40.3 Å². The van der Waals surface area contributed by atoms with Gasteiger partial charge in [0.05, 0.1) is 0 Å². The molecule has 1 amide bonds. The first kappa shape index (κ1) is 19.2. The second-order valence-electron chi connectivity index (χ2n) is 5.94. The molecule has 0 atom stereocenters.